The van der Waals surface area contributed by atoms with Crippen LogP contribution in [0.1, 0.15) is 16.8 Å². The Kier molecular flexibility index (Phi) is 2.75. The Bertz CT molecular complexity index is 639. The van der Waals surface area contributed by atoms with E-state index in [1.807, 2.05) is 0 Å². The number of carbonyl (C=O) groups excluding carboxylic acids is 3. The van der Waals surface area contributed by atoms with Crippen molar-refractivity contribution in [3.8, 4) is 11.5 Å². The quantitative estimate of drug-likeness (QED) is 0.521. The molecule has 4 N–H and O–H groups in total. The number of hydrogen-bond donors (Lipinski definition) is 4. The fourth-order valence-electron chi connectivity index (χ4n) is 2.70. The zero-order valence-corrected chi connectivity index (χ0v) is 10.9. The fraction of sp³-hybridized carbons (Fsp3) is 0.308. The first kappa shape index (κ1) is 13.2. The molecule has 3 rings (SSSR count). The fourth-order valence-corrected chi connectivity index (χ4v) is 2.70. The number of phenolic OH excluding ortho intramolecular Hbond substituents is 2. The zero-order chi connectivity index (χ0) is 15.2. The van der Waals surface area contributed by atoms with E-state index >= 15 is 0 Å². The van der Waals surface area contributed by atoms with E-state index in [0.29, 0.717) is 0 Å². The van der Waals surface area contributed by atoms with Gasteiger partial charge in [0.05, 0.1) is 6.54 Å². The summed E-state index contributed by atoms with van der Waals surface area (Å²) in [5, 5.41) is 24.1. The van der Waals surface area contributed by atoms with Crippen molar-refractivity contribution >= 4 is 17.8 Å². The summed E-state index contributed by atoms with van der Waals surface area (Å²) in [7, 11) is 0. The molecule has 0 aromatic heterocycles. The van der Waals surface area contributed by atoms with Crippen LogP contribution in [0.15, 0.2) is 18.2 Å². The minimum Gasteiger partial charge on any atom is -0.507 e. The monoisotopic (exact) mass is 291 g/mol. The van der Waals surface area contributed by atoms with E-state index in [9.17, 15) is 24.6 Å². The molecule has 0 radical (unpaired) electrons. The summed E-state index contributed by atoms with van der Waals surface area (Å²) >= 11 is 0. The molecule has 2 heterocycles. The Labute approximate surface area is 119 Å². The minimum absolute atomic E-state index is 0.00280. The molecule has 1 aromatic carbocycles. The molecule has 21 heavy (non-hydrogen) atoms. The maximum absolute atomic E-state index is 12.4. The van der Waals surface area contributed by atoms with Crippen molar-refractivity contribution in [2.75, 3.05) is 13.1 Å². The average molecular weight is 291 g/mol. The molecule has 4 amide bonds. The Morgan fingerprint density at radius 1 is 1.24 bits per heavy atom. The molecule has 2 saturated heterocycles. The third-order valence-corrected chi connectivity index (χ3v) is 3.81. The molecule has 110 valence electrons. The van der Waals surface area contributed by atoms with Gasteiger partial charge >= 0.3 is 6.03 Å². The van der Waals surface area contributed by atoms with Crippen molar-refractivity contribution in [1.82, 2.24) is 15.5 Å². The average Bonchev–Trinajstić information content (AvgIpc) is 2.94. The van der Waals surface area contributed by atoms with E-state index in [-0.39, 0.29) is 36.6 Å². The van der Waals surface area contributed by atoms with Crippen molar-refractivity contribution in [1.29, 1.82) is 0 Å². The van der Waals surface area contributed by atoms with Gasteiger partial charge in [0, 0.05) is 6.54 Å². The van der Waals surface area contributed by atoms with Gasteiger partial charge in [-0.05, 0) is 18.6 Å². The van der Waals surface area contributed by atoms with Gasteiger partial charge in [0.2, 0.25) is 0 Å². The van der Waals surface area contributed by atoms with Gasteiger partial charge in [-0.15, -0.1) is 0 Å². The van der Waals surface area contributed by atoms with E-state index in [1.54, 1.807) is 0 Å². The topological polar surface area (TPSA) is 119 Å². The molecule has 8 nitrogen and oxygen atoms in total. The van der Waals surface area contributed by atoms with E-state index in [2.05, 4.69) is 10.6 Å². The number of likely N-dealkylation sites (tertiary alicyclic amines) is 1. The van der Waals surface area contributed by atoms with Crippen LogP contribution in [0.5, 0.6) is 11.5 Å². The Morgan fingerprint density at radius 2 is 1.90 bits per heavy atom. The number of urea groups is 1. The molecular formula is C13H13N3O5. The smallest absolute Gasteiger partial charge is 0.322 e. The second kappa shape index (κ2) is 4.37. The predicted molar refractivity (Wildman–Crippen MR) is 69.7 cm³/mol. The Hall–Kier alpha value is -2.77. The lowest BCUT2D eigenvalue weighted by atomic mass is 9.99. The molecule has 1 unspecified atom stereocenters. The van der Waals surface area contributed by atoms with Crippen LogP contribution in [0.25, 0.3) is 0 Å². The van der Waals surface area contributed by atoms with Crippen molar-refractivity contribution in [2.45, 2.75) is 12.0 Å². The van der Waals surface area contributed by atoms with E-state index in [4.69, 9.17) is 0 Å². The van der Waals surface area contributed by atoms with E-state index in [0.717, 1.165) is 0 Å². The highest BCUT2D eigenvalue weighted by molar-refractivity contribution is 6.08. The maximum atomic E-state index is 12.4. The molecule has 2 aliphatic heterocycles. The highest BCUT2D eigenvalue weighted by Crippen LogP contribution is 2.31. The van der Waals surface area contributed by atoms with Crippen molar-refractivity contribution < 1.29 is 24.6 Å². The number of rotatable bonds is 1. The molecule has 0 aliphatic carbocycles. The molecule has 1 aromatic rings. The number of phenols is 2. The summed E-state index contributed by atoms with van der Waals surface area (Å²) in [6.45, 7) is 0.234. The van der Waals surface area contributed by atoms with Gasteiger partial charge in [-0.3, -0.25) is 14.9 Å². The summed E-state index contributed by atoms with van der Waals surface area (Å²) < 4.78 is 0. The molecular weight excluding hydrogens is 278 g/mol. The van der Waals surface area contributed by atoms with Gasteiger partial charge in [-0.2, -0.15) is 0 Å². The van der Waals surface area contributed by atoms with Crippen LogP contribution in [-0.4, -0.2) is 51.6 Å². The zero-order valence-electron chi connectivity index (χ0n) is 10.9. The second-order valence-corrected chi connectivity index (χ2v) is 5.14. The lowest BCUT2D eigenvalue weighted by Crippen LogP contribution is -2.49. The van der Waals surface area contributed by atoms with Gasteiger partial charge in [-0.25, -0.2) is 4.79 Å². The summed E-state index contributed by atoms with van der Waals surface area (Å²) in [5.41, 5.74) is -1.33. The number of aromatic hydroxyl groups is 2. The highest BCUT2D eigenvalue weighted by Gasteiger charge is 2.52. The van der Waals surface area contributed by atoms with E-state index < -0.39 is 23.4 Å². The van der Waals surface area contributed by atoms with Gasteiger partial charge in [0.1, 0.15) is 22.6 Å². The minimum atomic E-state index is -1.12. The number of imide groups is 1. The maximum Gasteiger partial charge on any atom is 0.322 e. The van der Waals surface area contributed by atoms with Crippen LogP contribution < -0.4 is 10.6 Å². The number of nitrogens with zero attached hydrogens (tertiary/aromatic N) is 1. The summed E-state index contributed by atoms with van der Waals surface area (Å²) in [6, 6.07) is 3.42. The first-order chi connectivity index (χ1) is 9.93. The molecule has 1 atom stereocenters. The number of carbonyl (C=O) groups is 3. The summed E-state index contributed by atoms with van der Waals surface area (Å²) in [6.07, 6.45) is 0.282. The van der Waals surface area contributed by atoms with Crippen molar-refractivity contribution in [3.63, 3.8) is 0 Å². The first-order valence-corrected chi connectivity index (χ1v) is 6.37. The summed E-state index contributed by atoms with van der Waals surface area (Å²) in [5.74, 6) is -1.72. The number of hydrogen-bond acceptors (Lipinski definition) is 5. The molecule has 2 fully saturated rings. The molecule has 0 bridgehead atoms. The van der Waals surface area contributed by atoms with Crippen LogP contribution >= 0.6 is 0 Å². The van der Waals surface area contributed by atoms with Gasteiger partial charge in [0.15, 0.2) is 0 Å². The van der Waals surface area contributed by atoms with Crippen LogP contribution in [0.2, 0.25) is 0 Å². The van der Waals surface area contributed by atoms with Crippen LogP contribution in [0.3, 0.4) is 0 Å². The Balaban J connectivity index is 1.85. The largest absolute Gasteiger partial charge is 0.507 e. The standard InChI is InChI=1S/C13H13N3O5/c17-7-2-1-3-8(18)9(7)10(19)16-5-4-13(6-16)11(20)14-12(21)15-13/h1-3,17-18H,4-6H2,(H2,14,15,20,21). The Morgan fingerprint density at radius 3 is 2.48 bits per heavy atom. The van der Waals surface area contributed by atoms with Crippen LogP contribution in [0, 0.1) is 0 Å². The van der Waals surface area contributed by atoms with Crippen LogP contribution in [-0.2, 0) is 4.79 Å². The normalized spacial score (nSPS) is 24.3. The van der Waals surface area contributed by atoms with Gasteiger partial charge in [-0.1, -0.05) is 6.07 Å². The SMILES string of the molecule is O=C1NC(=O)C2(CCN(C(=O)c3c(O)cccc3O)C2)N1. The number of amides is 4. The number of nitrogens with one attached hydrogen (secondary N) is 2. The predicted octanol–water partition coefficient (Wildman–Crippen LogP) is -0.478. The molecule has 8 heteroatoms. The summed E-state index contributed by atoms with van der Waals surface area (Å²) in [4.78, 5) is 36.8. The van der Waals surface area contributed by atoms with Crippen molar-refractivity contribution in [2.24, 2.45) is 0 Å². The first-order valence-electron chi connectivity index (χ1n) is 6.37. The van der Waals surface area contributed by atoms with Crippen LogP contribution in [0.4, 0.5) is 4.79 Å². The number of benzene rings is 1. The third kappa shape index (κ3) is 1.95. The lowest BCUT2D eigenvalue weighted by Gasteiger charge is -2.21. The van der Waals surface area contributed by atoms with Crippen molar-refractivity contribution in [3.05, 3.63) is 23.8 Å². The highest BCUT2D eigenvalue weighted by atomic mass is 16.3. The third-order valence-electron chi connectivity index (χ3n) is 3.81. The van der Waals surface area contributed by atoms with Gasteiger partial charge in [0.25, 0.3) is 11.8 Å². The molecule has 0 saturated carbocycles. The molecule has 1 spiro atoms. The molecule has 2 aliphatic rings. The lowest BCUT2D eigenvalue weighted by molar-refractivity contribution is -0.123. The second-order valence-electron chi connectivity index (χ2n) is 5.14. The van der Waals surface area contributed by atoms with Gasteiger partial charge < -0.3 is 20.4 Å². The van der Waals surface area contributed by atoms with E-state index in [1.165, 1.54) is 23.1 Å².